The van der Waals surface area contributed by atoms with Crippen molar-refractivity contribution >= 4 is 11.9 Å². The molecule has 1 aromatic rings. The van der Waals surface area contributed by atoms with Crippen LogP contribution in [0, 0.1) is 0 Å². The van der Waals surface area contributed by atoms with E-state index in [9.17, 15) is 22.8 Å². The molecule has 1 aromatic carbocycles. The van der Waals surface area contributed by atoms with Crippen LogP contribution in [0.15, 0.2) is 30.3 Å². The third kappa shape index (κ3) is 2.61. The van der Waals surface area contributed by atoms with Gasteiger partial charge in [0, 0.05) is 5.56 Å². The van der Waals surface area contributed by atoms with E-state index in [0.29, 0.717) is 6.92 Å². The minimum absolute atomic E-state index is 0.0470. The second kappa shape index (κ2) is 4.67. The zero-order valence-electron chi connectivity index (χ0n) is 9.28. The van der Waals surface area contributed by atoms with Gasteiger partial charge in [-0.3, -0.25) is 4.79 Å². The number of benzene rings is 1. The molecular weight excluding hydrogens is 251 g/mol. The maximum absolute atomic E-state index is 12.6. The smallest absolute Gasteiger partial charge is 0.422 e. The molecule has 0 aliphatic heterocycles. The molecule has 4 nitrogen and oxygen atoms in total. The fourth-order valence-electron chi connectivity index (χ4n) is 1.13. The highest BCUT2D eigenvalue weighted by Gasteiger charge is 2.58. The second-order valence-electron chi connectivity index (χ2n) is 3.75. The predicted molar refractivity (Wildman–Crippen MR) is 56.0 cm³/mol. The first-order chi connectivity index (χ1) is 8.18. The van der Waals surface area contributed by atoms with Crippen molar-refractivity contribution in [3.05, 3.63) is 35.9 Å². The van der Waals surface area contributed by atoms with Crippen molar-refractivity contribution in [1.29, 1.82) is 0 Å². The lowest BCUT2D eigenvalue weighted by molar-refractivity contribution is -0.203. The Bertz CT molecular complexity index is 458. The molecule has 0 saturated carbocycles. The molecule has 7 heteroatoms. The molecule has 0 radical (unpaired) electrons. The topological polar surface area (TPSA) is 66.4 Å². The van der Waals surface area contributed by atoms with Gasteiger partial charge in [-0.15, -0.1) is 0 Å². The lowest BCUT2D eigenvalue weighted by Crippen LogP contribution is -2.61. The SMILES string of the molecule is CC(NC(=O)c1ccccc1)(C(=O)O)C(F)(F)F. The number of alkyl halides is 3. The maximum atomic E-state index is 12.6. The van der Waals surface area contributed by atoms with Crippen molar-refractivity contribution in [2.24, 2.45) is 0 Å². The highest BCUT2D eigenvalue weighted by molar-refractivity contribution is 5.98. The van der Waals surface area contributed by atoms with Crippen molar-refractivity contribution in [2.45, 2.75) is 18.6 Å². The van der Waals surface area contributed by atoms with E-state index in [1.807, 2.05) is 0 Å². The minimum atomic E-state index is -5.09. The number of carboxylic acid groups (broad SMARTS) is 1. The van der Waals surface area contributed by atoms with Crippen molar-refractivity contribution in [3.63, 3.8) is 0 Å². The van der Waals surface area contributed by atoms with Gasteiger partial charge in [-0.1, -0.05) is 18.2 Å². The Kier molecular flexibility index (Phi) is 3.64. The van der Waals surface area contributed by atoms with Crippen LogP contribution >= 0.6 is 0 Å². The molecule has 0 spiro atoms. The number of halogens is 3. The Morgan fingerprint density at radius 3 is 2.06 bits per heavy atom. The van der Waals surface area contributed by atoms with Crippen LogP contribution in [0.3, 0.4) is 0 Å². The number of hydrogen-bond donors (Lipinski definition) is 2. The van der Waals surface area contributed by atoms with E-state index >= 15 is 0 Å². The third-order valence-corrected chi connectivity index (χ3v) is 2.39. The summed E-state index contributed by atoms with van der Waals surface area (Å²) in [5.41, 5.74) is -3.37. The highest BCUT2D eigenvalue weighted by atomic mass is 19.4. The monoisotopic (exact) mass is 261 g/mol. The quantitative estimate of drug-likeness (QED) is 0.872. The fraction of sp³-hybridized carbons (Fsp3) is 0.273. The Morgan fingerprint density at radius 1 is 1.17 bits per heavy atom. The Morgan fingerprint density at radius 2 is 1.67 bits per heavy atom. The molecule has 0 saturated heterocycles. The average molecular weight is 261 g/mol. The van der Waals surface area contributed by atoms with Crippen LogP contribution in [0.2, 0.25) is 0 Å². The molecule has 2 N–H and O–H groups in total. The van der Waals surface area contributed by atoms with Crippen LogP contribution in [0.5, 0.6) is 0 Å². The number of nitrogens with one attached hydrogen (secondary N) is 1. The summed E-state index contributed by atoms with van der Waals surface area (Å²) in [5, 5.41) is 10.1. The van der Waals surface area contributed by atoms with Crippen LogP contribution < -0.4 is 5.32 Å². The summed E-state index contributed by atoms with van der Waals surface area (Å²) < 4.78 is 37.9. The van der Waals surface area contributed by atoms with Gasteiger partial charge in [0.15, 0.2) is 0 Å². The minimum Gasteiger partial charge on any atom is -0.479 e. The number of amides is 1. The molecule has 1 atom stereocenters. The molecule has 98 valence electrons. The number of carbonyl (C=O) groups is 2. The number of rotatable bonds is 3. The van der Waals surface area contributed by atoms with E-state index in [4.69, 9.17) is 5.11 Å². The Hall–Kier alpha value is -2.05. The molecule has 1 rings (SSSR count). The van der Waals surface area contributed by atoms with Gasteiger partial charge in [-0.25, -0.2) is 4.79 Å². The number of aliphatic carboxylic acids is 1. The first-order valence-electron chi connectivity index (χ1n) is 4.86. The van der Waals surface area contributed by atoms with Crippen LogP contribution in [-0.2, 0) is 4.79 Å². The summed E-state index contributed by atoms with van der Waals surface area (Å²) >= 11 is 0. The molecule has 0 aromatic heterocycles. The zero-order chi connectivity index (χ0) is 14.0. The summed E-state index contributed by atoms with van der Waals surface area (Å²) in [6.07, 6.45) is -5.09. The van der Waals surface area contributed by atoms with Gasteiger partial charge in [-0.2, -0.15) is 13.2 Å². The number of carbonyl (C=O) groups excluding carboxylic acids is 1. The summed E-state index contributed by atoms with van der Waals surface area (Å²) in [4.78, 5) is 22.2. The molecule has 0 heterocycles. The summed E-state index contributed by atoms with van der Waals surface area (Å²) in [5.74, 6) is -3.27. The van der Waals surface area contributed by atoms with Crippen LogP contribution in [0.4, 0.5) is 13.2 Å². The lowest BCUT2D eigenvalue weighted by Gasteiger charge is -2.28. The van der Waals surface area contributed by atoms with E-state index in [2.05, 4.69) is 0 Å². The van der Waals surface area contributed by atoms with Gasteiger partial charge < -0.3 is 10.4 Å². The van der Waals surface area contributed by atoms with Crippen molar-refractivity contribution in [3.8, 4) is 0 Å². The van der Waals surface area contributed by atoms with Gasteiger partial charge in [-0.05, 0) is 19.1 Å². The van der Waals surface area contributed by atoms with Gasteiger partial charge in [0.2, 0.25) is 5.54 Å². The molecule has 0 aliphatic carbocycles. The van der Waals surface area contributed by atoms with Crippen LogP contribution in [0.25, 0.3) is 0 Å². The third-order valence-electron chi connectivity index (χ3n) is 2.39. The molecule has 18 heavy (non-hydrogen) atoms. The van der Waals surface area contributed by atoms with E-state index in [1.165, 1.54) is 29.6 Å². The largest absolute Gasteiger partial charge is 0.479 e. The van der Waals surface area contributed by atoms with Crippen LogP contribution in [-0.4, -0.2) is 28.7 Å². The highest BCUT2D eigenvalue weighted by Crippen LogP contribution is 2.30. The first-order valence-corrected chi connectivity index (χ1v) is 4.86. The molecular formula is C11H10F3NO3. The summed E-state index contributed by atoms with van der Waals surface area (Å²) in [6, 6.07) is 7.07. The van der Waals surface area contributed by atoms with Gasteiger partial charge in [0.05, 0.1) is 0 Å². The predicted octanol–water partition coefficient (Wildman–Crippen LogP) is 1.82. The average Bonchev–Trinajstić information content (AvgIpc) is 2.28. The van der Waals surface area contributed by atoms with Gasteiger partial charge in [0.25, 0.3) is 5.91 Å². The number of carboxylic acids is 1. The Labute approximate surface area is 100 Å². The summed E-state index contributed by atoms with van der Waals surface area (Å²) in [7, 11) is 0. The Balaban J connectivity index is 3.01. The molecule has 1 amide bonds. The fourth-order valence-corrected chi connectivity index (χ4v) is 1.13. The van der Waals surface area contributed by atoms with E-state index in [1.54, 1.807) is 6.07 Å². The van der Waals surface area contributed by atoms with Gasteiger partial charge in [0.1, 0.15) is 0 Å². The number of hydrogen-bond acceptors (Lipinski definition) is 2. The second-order valence-corrected chi connectivity index (χ2v) is 3.75. The maximum Gasteiger partial charge on any atom is 0.422 e. The van der Waals surface area contributed by atoms with Crippen molar-refractivity contribution in [2.75, 3.05) is 0 Å². The van der Waals surface area contributed by atoms with Gasteiger partial charge >= 0.3 is 12.1 Å². The normalized spacial score (nSPS) is 14.7. The zero-order valence-corrected chi connectivity index (χ0v) is 9.28. The van der Waals surface area contributed by atoms with Crippen LogP contribution in [0.1, 0.15) is 17.3 Å². The molecule has 0 aliphatic rings. The van der Waals surface area contributed by atoms with Crippen molar-refractivity contribution in [1.82, 2.24) is 5.32 Å². The van der Waals surface area contributed by atoms with Crippen molar-refractivity contribution < 1.29 is 27.9 Å². The van der Waals surface area contributed by atoms with E-state index in [0.717, 1.165) is 0 Å². The first kappa shape index (κ1) is 14.0. The summed E-state index contributed by atoms with van der Waals surface area (Å²) in [6.45, 7) is 0.399. The van der Waals surface area contributed by atoms with E-state index in [-0.39, 0.29) is 5.56 Å². The van der Waals surface area contributed by atoms with E-state index < -0.39 is 23.6 Å². The standard InChI is InChI=1S/C11H10F3NO3/c1-10(9(17)18,11(12,13)14)15-8(16)7-5-3-2-4-6-7/h2-6H,1H3,(H,15,16)(H,17,18). The lowest BCUT2D eigenvalue weighted by atomic mass is 10.0. The molecule has 1 unspecified atom stereocenters. The molecule has 0 fully saturated rings. The molecule has 0 bridgehead atoms.